The van der Waals surface area contributed by atoms with Gasteiger partial charge in [-0.3, -0.25) is 4.90 Å². The number of aliphatic hydroxyl groups is 1. The first-order valence-electron chi connectivity index (χ1n) is 11.9. The zero-order chi connectivity index (χ0) is 24.8. The minimum absolute atomic E-state index is 0.247. The molecule has 2 heterocycles. The van der Waals surface area contributed by atoms with Crippen molar-refractivity contribution in [1.82, 2.24) is 14.5 Å². The van der Waals surface area contributed by atoms with Crippen LogP contribution in [0.3, 0.4) is 0 Å². The number of likely N-dealkylation sites (tertiary alicyclic amines) is 1. The maximum absolute atomic E-state index is 11.3. The molecule has 188 valence electrons. The number of aryl methyl sites for hydroxylation is 2. The zero-order valence-corrected chi connectivity index (χ0v) is 21.4. The van der Waals surface area contributed by atoms with Crippen molar-refractivity contribution >= 4 is 11.6 Å². The lowest BCUT2D eigenvalue weighted by Crippen LogP contribution is -2.51. The Morgan fingerprint density at radius 3 is 2.63 bits per heavy atom. The number of ether oxygens (including phenoxy) is 3. The smallest absolute Gasteiger partial charge is 0.161 e. The lowest BCUT2D eigenvalue weighted by molar-refractivity contribution is -0.0621. The lowest BCUT2D eigenvalue weighted by atomic mass is 9.93. The van der Waals surface area contributed by atoms with Crippen molar-refractivity contribution in [2.75, 3.05) is 33.4 Å². The first-order chi connectivity index (χ1) is 16.8. The second-order valence-electron chi connectivity index (χ2n) is 9.33. The van der Waals surface area contributed by atoms with Gasteiger partial charge in [0.15, 0.2) is 11.5 Å². The van der Waals surface area contributed by atoms with E-state index < -0.39 is 5.60 Å². The lowest BCUT2D eigenvalue weighted by Gasteiger charge is -2.39. The van der Waals surface area contributed by atoms with Gasteiger partial charge in [-0.05, 0) is 74.2 Å². The van der Waals surface area contributed by atoms with Crippen LogP contribution in [0.4, 0.5) is 0 Å². The number of halogens is 1. The van der Waals surface area contributed by atoms with Gasteiger partial charge in [0.25, 0.3) is 0 Å². The van der Waals surface area contributed by atoms with Gasteiger partial charge in [-0.25, -0.2) is 4.98 Å². The van der Waals surface area contributed by atoms with Crippen LogP contribution in [0.25, 0.3) is 0 Å². The van der Waals surface area contributed by atoms with Crippen LogP contribution in [-0.2, 0) is 13.1 Å². The number of hydrogen-bond acceptors (Lipinski definition) is 6. The van der Waals surface area contributed by atoms with Gasteiger partial charge in [-0.2, -0.15) is 0 Å². The molecule has 0 unspecified atom stereocenters. The number of nitrogens with zero attached hydrogens (tertiary/aromatic N) is 3. The molecular weight excluding hydrogens is 466 g/mol. The summed E-state index contributed by atoms with van der Waals surface area (Å²) in [5.74, 6) is 2.16. The van der Waals surface area contributed by atoms with Gasteiger partial charge in [-0.15, -0.1) is 0 Å². The molecule has 0 aliphatic carbocycles. The Hall–Kier alpha value is -2.74. The summed E-state index contributed by atoms with van der Waals surface area (Å²) in [6.07, 6.45) is 7.05. The first kappa shape index (κ1) is 25.4. The molecule has 0 saturated carbocycles. The average Bonchev–Trinajstić information content (AvgIpc) is 3.35. The van der Waals surface area contributed by atoms with Crippen LogP contribution in [0.15, 0.2) is 49.1 Å². The van der Waals surface area contributed by atoms with Crippen molar-refractivity contribution in [3.05, 3.63) is 70.8 Å². The summed E-state index contributed by atoms with van der Waals surface area (Å²) >= 11 is 6.27. The van der Waals surface area contributed by atoms with Gasteiger partial charge < -0.3 is 23.9 Å². The maximum atomic E-state index is 11.3. The summed E-state index contributed by atoms with van der Waals surface area (Å²) in [7, 11) is 1.65. The van der Waals surface area contributed by atoms with Crippen molar-refractivity contribution in [3.8, 4) is 17.2 Å². The normalized spacial score (nSPS) is 18.4. The Morgan fingerprint density at radius 2 is 1.91 bits per heavy atom. The monoisotopic (exact) mass is 499 g/mol. The Balaban J connectivity index is 1.33. The molecule has 1 aliphatic heterocycles. The number of methoxy groups -OCH3 is 1. The molecule has 1 fully saturated rings. The maximum Gasteiger partial charge on any atom is 0.161 e. The number of aromatic nitrogens is 2. The van der Waals surface area contributed by atoms with Crippen LogP contribution in [0.5, 0.6) is 17.2 Å². The molecule has 0 radical (unpaired) electrons. The summed E-state index contributed by atoms with van der Waals surface area (Å²) < 4.78 is 19.5. The van der Waals surface area contributed by atoms with E-state index in [0.717, 1.165) is 40.4 Å². The summed E-state index contributed by atoms with van der Waals surface area (Å²) in [6.45, 7) is 7.60. The van der Waals surface area contributed by atoms with Gasteiger partial charge in [0, 0.05) is 30.5 Å². The highest BCUT2D eigenvalue weighted by Crippen LogP contribution is 2.31. The van der Waals surface area contributed by atoms with E-state index in [1.807, 2.05) is 48.9 Å². The summed E-state index contributed by atoms with van der Waals surface area (Å²) in [6, 6.07) is 9.86. The highest BCUT2D eigenvalue weighted by atomic mass is 35.5. The number of rotatable bonds is 10. The van der Waals surface area contributed by atoms with Gasteiger partial charge >= 0.3 is 0 Å². The van der Waals surface area contributed by atoms with E-state index in [-0.39, 0.29) is 6.61 Å². The molecule has 1 N–H and O–H groups in total. The fourth-order valence-corrected chi connectivity index (χ4v) is 4.64. The predicted octanol–water partition coefficient (Wildman–Crippen LogP) is 4.65. The third-order valence-electron chi connectivity index (χ3n) is 6.35. The quantitative estimate of drug-likeness (QED) is 0.438. The molecular formula is C27H34ClN3O4. The van der Waals surface area contributed by atoms with Gasteiger partial charge in [0.1, 0.15) is 24.6 Å². The Bertz CT molecular complexity index is 1100. The number of piperidine rings is 1. The van der Waals surface area contributed by atoms with E-state index >= 15 is 0 Å². The molecule has 0 amide bonds. The fraction of sp³-hybridized carbons (Fsp3) is 0.444. The van der Waals surface area contributed by atoms with Crippen LogP contribution in [-0.4, -0.2) is 58.6 Å². The molecule has 0 spiro atoms. The van der Waals surface area contributed by atoms with Crippen molar-refractivity contribution < 1.29 is 19.3 Å². The molecule has 1 saturated heterocycles. The molecule has 1 aromatic heterocycles. The van der Waals surface area contributed by atoms with E-state index in [9.17, 15) is 5.11 Å². The highest BCUT2D eigenvalue weighted by molar-refractivity contribution is 6.32. The highest BCUT2D eigenvalue weighted by Gasteiger charge is 2.34. The molecule has 1 atom stereocenters. The molecule has 7 nitrogen and oxygen atoms in total. The third kappa shape index (κ3) is 6.69. The SMILES string of the molecule is COc1cc(CN2CCC[C@@](O)(COc3cc(C)c(Cl)c(C)c3)C2)ccc1OCCn1ccnc1. The van der Waals surface area contributed by atoms with E-state index in [1.165, 1.54) is 0 Å². The fourth-order valence-electron chi connectivity index (χ4n) is 4.53. The largest absolute Gasteiger partial charge is 0.493 e. The van der Waals surface area contributed by atoms with E-state index in [2.05, 4.69) is 16.0 Å². The van der Waals surface area contributed by atoms with E-state index in [1.54, 1.807) is 19.6 Å². The standard InChI is InChI=1S/C27H34ClN3O4/c1-20-13-23(14-21(2)26(20)28)35-18-27(32)7-4-9-31(17-27)16-22-5-6-24(25(15-22)33-3)34-12-11-30-10-8-29-19-30/h5-6,8,10,13-15,19,32H,4,7,9,11-12,16-18H2,1-3H3/t27-/m0/s1. The van der Waals surface area contributed by atoms with Gasteiger partial charge in [0.05, 0.1) is 20.0 Å². The number of benzene rings is 2. The zero-order valence-electron chi connectivity index (χ0n) is 20.7. The molecule has 4 rings (SSSR count). The second-order valence-corrected chi connectivity index (χ2v) is 9.71. The number of hydrogen-bond donors (Lipinski definition) is 1. The predicted molar refractivity (Wildman–Crippen MR) is 137 cm³/mol. The molecule has 3 aromatic rings. The summed E-state index contributed by atoms with van der Waals surface area (Å²) in [4.78, 5) is 6.31. The Morgan fingerprint density at radius 1 is 1.11 bits per heavy atom. The van der Waals surface area contributed by atoms with Crippen LogP contribution in [0.2, 0.25) is 5.02 Å². The Labute approximate surface area is 212 Å². The van der Waals surface area contributed by atoms with Crippen molar-refractivity contribution in [3.63, 3.8) is 0 Å². The van der Waals surface area contributed by atoms with E-state index in [4.69, 9.17) is 25.8 Å². The summed E-state index contributed by atoms with van der Waals surface area (Å²) in [5.41, 5.74) is 2.15. The molecule has 35 heavy (non-hydrogen) atoms. The van der Waals surface area contributed by atoms with Crippen LogP contribution >= 0.6 is 11.6 Å². The van der Waals surface area contributed by atoms with Crippen molar-refractivity contribution in [2.24, 2.45) is 0 Å². The second kappa shape index (κ2) is 11.3. The van der Waals surface area contributed by atoms with Crippen LogP contribution in [0.1, 0.15) is 29.5 Å². The Kier molecular flexibility index (Phi) is 8.21. The topological polar surface area (TPSA) is 69.0 Å². The third-order valence-corrected chi connectivity index (χ3v) is 6.95. The van der Waals surface area contributed by atoms with Gasteiger partial charge in [-0.1, -0.05) is 17.7 Å². The van der Waals surface area contributed by atoms with E-state index in [0.29, 0.717) is 44.2 Å². The summed E-state index contributed by atoms with van der Waals surface area (Å²) in [5, 5.41) is 12.0. The first-order valence-corrected chi connectivity index (χ1v) is 12.3. The minimum atomic E-state index is -0.903. The molecule has 8 heteroatoms. The molecule has 2 aromatic carbocycles. The van der Waals surface area contributed by atoms with Crippen molar-refractivity contribution in [2.45, 2.75) is 45.4 Å². The number of β-amino-alcohol motifs (C(OH)–C–C–N with tert-alkyl or cyclic N) is 1. The minimum Gasteiger partial charge on any atom is -0.493 e. The average molecular weight is 500 g/mol. The molecule has 0 bridgehead atoms. The number of imidazole rings is 1. The van der Waals surface area contributed by atoms with Crippen LogP contribution < -0.4 is 14.2 Å². The van der Waals surface area contributed by atoms with Crippen molar-refractivity contribution in [1.29, 1.82) is 0 Å². The molecule has 1 aliphatic rings. The van der Waals surface area contributed by atoms with Gasteiger partial charge in [0.2, 0.25) is 0 Å². The van der Waals surface area contributed by atoms with Crippen LogP contribution in [0, 0.1) is 13.8 Å².